The first kappa shape index (κ1) is 13.1. The molecule has 2 rings (SSSR count). The van der Waals surface area contributed by atoms with Crippen LogP contribution in [0.1, 0.15) is 31.1 Å². The van der Waals surface area contributed by atoms with Crippen LogP contribution >= 0.6 is 0 Å². The minimum absolute atomic E-state index is 0.0941. The molecule has 1 saturated heterocycles. The Hall–Kier alpha value is -1.36. The van der Waals surface area contributed by atoms with Gasteiger partial charge in [-0.3, -0.25) is 14.4 Å². The van der Waals surface area contributed by atoms with Gasteiger partial charge in [0.15, 0.2) is 0 Å². The van der Waals surface area contributed by atoms with Gasteiger partial charge in [0.25, 0.3) is 5.91 Å². The summed E-state index contributed by atoms with van der Waals surface area (Å²) in [5.74, 6) is 0.0941. The Labute approximate surface area is 108 Å². The first-order chi connectivity index (χ1) is 8.38. The third kappa shape index (κ3) is 2.72. The summed E-state index contributed by atoms with van der Waals surface area (Å²) < 4.78 is 1.67. The number of aryl methyl sites for hydroxylation is 1. The zero-order chi connectivity index (χ0) is 13.3. The molecule has 5 heteroatoms. The van der Waals surface area contributed by atoms with Gasteiger partial charge in [-0.05, 0) is 20.8 Å². The highest BCUT2D eigenvalue weighted by Crippen LogP contribution is 2.16. The van der Waals surface area contributed by atoms with E-state index in [9.17, 15) is 4.79 Å². The highest BCUT2D eigenvalue weighted by molar-refractivity contribution is 5.93. The van der Waals surface area contributed by atoms with E-state index in [0.29, 0.717) is 5.56 Å². The van der Waals surface area contributed by atoms with Crippen LogP contribution in [-0.2, 0) is 7.05 Å². The van der Waals surface area contributed by atoms with Crippen LogP contribution in [-0.4, -0.2) is 57.2 Å². The number of hydrogen-bond donors (Lipinski definition) is 0. The van der Waals surface area contributed by atoms with E-state index in [-0.39, 0.29) is 11.4 Å². The van der Waals surface area contributed by atoms with Gasteiger partial charge >= 0.3 is 0 Å². The maximum absolute atomic E-state index is 12.2. The van der Waals surface area contributed by atoms with E-state index >= 15 is 0 Å². The predicted molar refractivity (Wildman–Crippen MR) is 70.4 cm³/mol. The van der Waals surface area contributed by atoms with Crippen molar-refractivity contribution in [2.24, 2.45) is 7.05 Å². The number of carbonyl (C=O) groups excluding carboxylic acids is 1. The Morgan fingerprint density at radius 2 is 1.83 bits per heavy atom. The summed E-state index contributed by atoms with van der Waals surface area (Å²) in [5.41, 5.74) is 0.866. The lowest BCUT2D eigenvalue weighted by molar-refractivity contribution is 0.0451. The lowest BCUT2D eigenvalue weighted by Gasteiger charge is -2.42. The van der Waals surface area contributed by atoms with Gasteiger partial charge in [-0.15, -0.1) is 0 Å². The number of nitrogens with zero attached hydrogens (tertiary/aromatic N) is 4. The van der Waals surface area contributed by atoms with Gasteiger partial charge in [0.2, 0.25) is 0 Å². The largest absolute Gasteiger partial charge is 0.336 e. The lowest BCUT2D eigenvalue weighted by Crippen LogP contribution is -2.54. The highest BCUT2D eigenvalue weighted by atomic mass is 16.2. The summed E-state index contributed by atoms with van der Waals surface area (Å²) >= 11 is 0. The molecule has 1 aliphatic heterocycles. The number of piperazine rings is 1. The minimum Gasteiger partial charge on any atom is -0.336 e. The number of amides is 1. The number of carbonyl (C=O) groups is 1. The summed E-state index contributed by atoms with van der Waals surface area (Å²) in [5, 5.41) is 4.05. The van der Waals surface area contributed by atoms with Gasteiger partial charge in [-0.2, -0.15) is 5.10 Å². The van der Waals surface area contributed by atoms with Crippen LogP contribution in [0, 0.1) is 0 Å². The van der Waals surface area contributed by atoms with Crippen molar-refractivity contribution in [1.29, 1.82) is 0 Å². The van der Waals surface area contributed by atoms with E-state index in [0.717, 1.165) is 26.2 Å². The van der Waals surface area contributed by atoms with E-state index in [4.69, 9.17) is 0 Å². The van der Waals surface area contributed by atoms with Crippen molar-refractivity contribution in [3.8, 4) is 0 Å². The van der Waals surface area contributed by atoms with Gasteiger partial charge in [-0.25, -0.2) is 0 Å². The third-order valence-corrected chi connectivity index (χ3v) is 3.47. The molecule has 1 aliphatic rings. The molecule has 5 nitrogen and oxygen atoms in total. The molecule has 1 fully saturated rings. The molecule has 0 radical (unpaired) electrons. The van der Waals surface area contributed by atoms with E-state index in [1.807, 2.05) is 11.9 Å². The van der Waals surface area contributed by atoms with Crippen LogP contribution in [0.4, 0.5) is 0 Å². The maximum Gasteiger partial charge on any atom is 0.257 e. The second kappa shape index (κ2) is 4.72. The summed E-state index contributed by atoms with van der Waals surface area (Å²) in [7, 11) is 1.83. The standard InChI is InChI=1S/C13H22N4O/c1-13(2,3)17-7-5-16(6-8-17)12(18)11-9-14-15(4)10-11/h9-10H,5-8H2,1-4H3. The van der Waals surface area contributed by atoms with E-state index < -0.39 is 0 Å². The molecule has 1 amide bonds. The van der Waals surface area contributed by atoms with E-state index in [2.05, 4.69) is 30.8 Å². The van der Waals surface area contributed by atoms with Crippen molar-refractivity contribution in [2.45, 2.75) is 26.3 Å². The maximum atomic E-state index is 12.2. The summed E-state index contributed by atoms with van der Waals surface area (Å²) in [6.45, 7) is 10.1. The van der Waals surface area contributed by atoms with Gasteiger partial charge in [0.05, 0.1) is 11.8 Å². The molecule has 0 atom stereocenters. The van der Waals surface area contributed by atoms with Crippen LogP contribution in [0.15, 0.2) is 12.4 Å². The van der Waals surface area contributed by atoms with Crippen LogP contribution < -0.4 is 0 Å². The molecule has 0 unspecified atom stereocenters. The Bertz CT molecular complexity index is 424. The van der Waals surface area contributed by atoms with Crippen molar-refractivity contribution < 1.29 is 4.79 Å². The molecule has 0 spiro atoms. The normalized spacial score (nSPS) is 18.1. The van der Waals surface area contributed by atoms with Gasteiger partial charge in [-0.1, -0.05) is 0 Å². The predicted octanol–water partition coefficient (Wildman–Crippen LogP) is 0.976. The summed E-state index contributed by atoms with van der Waals surface area (Å²) in [6.07, 6.45) is 3.41. The topological polar surface area (TPSA) is 41.4 Å². The van der Waals surface area contributed by atoms with Crippen molar-refractivity contribution in [3.05, 3.63) is 18.0 Å². The number of hydrogen-bond acceptors (Lipinski definition) is 3. The minimum atomic E-state index is 0.0941. The van der Waals surface area contributed by atoms with Crippen LogP contribution in [0.25, 0.3) is 0 Å². The van der Waals surface area contributed by atoms with Crippen molar-refractivity contribution in [2.75, 3.05) is 26.2 Å². The van der Waals surface area contributed by atoms with Gasteiger partial charge in [0, 0.05) is 45.0 Å². The average Bonchev–Trinajstić information content (AvgIpc) is 2.74. The molecular weight excluding hydrogens is 228 g/mol. The SMILES string of the molecule is Cn1cc(C(=O)N2CCN(C(C)(C)C)CC2)cn1. The number of aromatic nitrogens is 2. The van der Waals surface area contributed by atoms with Crippen molar-refractivity contribution in [1.82, 2.24) is 19.6 Å². The molecule has 1 aromatic heterocycles. The fourth-order valence-electron chi connectivity index (χ4n) is 2.29. The summed E-state index contributed by atoms with van der Waals surface area (Å²) in [4.78, 5) is 16.6. The van der Waals surface area contributed by atoms with E-state index in [1.54, 1.807) is 17.1 Å². The molecule has 18 heavy (non-hydrogen) atoms. The summed E-state index contributed by atoms with van der Waals surface area (Å²) in [6, 6.07) is 0. The van der Waals surface area contributed by atoms with Gasteiger partial charge in [0.1, 0.15) is 0 Å². The first-order valence-electron chi connectivity index (χ1n) is 6.41. The molecule has 0 aromatic carbocycles. The monoisotopic (exact) mass is 250 g/mol. The molecule has 0 bridgehead atoms. The lowest BCUT2D eigenvalue weighted by atomic mass is 10.0. The second-order valence-corrected chi connectivity index (χ2v) is 5.85. The number of rotatable bonds is 1. The first-order valence-corrected chi connectivity index (χ1v) is 6.41. The smallest absolute Gasteiger partial charge is 0.257 e. The van der Waals surface area contributed by atoms with E-state index in [1.165, 1.54) is 0 Å². The van der Waals surface area contributed by atoms with Crippen LogP contribution in [0.2, 0.25) is 0 Å². The zero-order valence-electron chi connectivity index (χ0n) is 11.7. The van der Waals surface area contributed by atoms with Crippen molar-refractivity contribution in [3.63, 3.8) is 0 Å². The molecule has 0 saturated carbocycles. The Kier molecular flexibility index (Phi) is 3.43. The highest BCUT2D eigenvalue weighted by Gasteiger charge is 2.28. The fraction of sp³-hybridized carbons (Fsp3) is 0.692. The van der Waals surface area contributed by atoms with Crippen LogP contribution in [0.5, 0.6) is 0 Å². The Balaban J connectivity index is 1.96. The second-order valence-electron chi connectivity index (χ2n) is 5.85. The van der Waals surface area contributed by atoms with Crippen LogP contribution in [0.3, 0.4) is 0 Å². The third-order valence-electron chi connectivity index (χ3n) is 3.47. The Morgan fingerprint density at radius 3 is 2.28 bits per heavy atom. The zero-order valence-corrected chi connectivity index (χ0v) is 11.7. The average molecular weight is 250 g/mol. The molecule has 1 aromatic rings. The Morgan fingerprint density at radius 1 is 1.22 bits per heavy atom. The molecule has 0 N–H and O–H groups in total. The van der Waals surface area contributed by atoms with Crippen molar-refractivity contribution >= 4 is 5.91 Å². The molecule has 2 heterocycles. The molecule has 100 valence electrons. The quantitative estimate of drug-likeness (QED) is 0.746. The fourth-order valence-corrected chi connectivity index (χ4v) is 2.29. The molecule has 0 aliphatic carbocycles. The molecular formula is C13H22N4O. The van der Waals surface area contributed by atoms with Gasteiger partial charge < -0.3 is 4.90 Å².